The maximum absolute atomic E-state index is 14.5. The monoisotopic (exact) mass is 849 g/mol. The number of amides is 2. The SMILES string of the molecule is CCC[CH2][Sn]([CH2]CCC)([CH2]CCC)[c]1ccc2c(c1)[C@H]1CN(CC2)C(=O)c2c(OCc3ccccc3)c(=O)c(C(=O)NCc3c(F)cc(F)cc3F)cn21. The van der Waals surface area contributed by atoms with Gasteiger partial charge < -0.3 is 0 Å². The summed E-state index contributed by atoms with van der Waals surface area (Å²) in [6.07, 6.45) is 9.15. The summed E-state index contributed by atoms with van der Waals surface area (Å²) < 4.78 is 55.9. The fraction of sp³-hybridized carbons (Fsp3) is 0.419. The molecule has 2 aliphatic rings. The van der Waals surface area contributed by atoms with Gasteiger partial charge in [0.15, 0.2) is 0 Å². The van der Waals surface area contributed by atoms with Crippen LogP contribution in [0.4, 0.5) is 13.2 Å². The molecule has 0 fully saturated rings. The van der Waals surface area contributed by atoms with Crippen molar-refractivity contribution in [3.8, 4) is 5.75 Å². The molecule has 3 aromatic carbocycles. The van der Waals surface area contributed by atoms with E-state index in [4.69, 9.17) is 4.74 Å². The predicted octanol–water partition coefficient (Wildman–Crippen LogP) is 8.43. The molecule has 4 aromatic rings. The number of ether oxygens (including phenoxy) is 1. The molecule has 0 radical (unpaired) electrons. The average molecular weight is 849 g/mol. The molecule has 286 valence electrons. The Morgan fingerprint density at radius 3 is 2.17 bits per heavy atom. The molecule has 7 nitrogen and oxygen atoms in total. The van der Waals surface area contributed by atoms with Crippen molar-refractivity contribution >= 4 is 33.8 Å². The molecular formula is C43H50F3N3O4Sn. The van der Waals surface area contributed by atoms with E-state index in [0.29, 0.717) is 31.6 Å². The molecule has 0 spiro atoms. The molecule has 1 atom stereocenters. The number of benzene rings is 3. The van der Waals surface area contributed by atoms with E-state index < -0.39 is 65.3 Å². The number of rotatable bonds is 16. The molecule has 1 aromatic heterocycles. The van der Waals surface area contributed by atoms with E-state index in [9.17, 15) is 27.6 Å². The first-order chi connectivity index (χ1) is 26.1. The summed E-state index contributed by atoms with van der Waals surface area (Å²) in [5, 5.41) is 2.45. The van der Waals surface area contributed by atoms with Crippen LogP contribution in [0.15, 0.2) is 71.7 Å². The van der Waals surface area contributed by atoms with Gasteiger partial charge in [-0.3, -0.25) is 0 Å². The fourth-order valence-electron chi connectivity index (χ4n) is 8.14. The number of carbonyl (C=O) groups excluding carboxylic acids is 2. The summed E-state index contributed by atoms with van der Waals surface area (Å²) in [5.41, 5.74) is 1.40. The minimum absolute atomic E-state index is 0.0257. The molecule has 0 aliphatic carbocycles. The van der Waals surface area contributed by atoms with E-state index in [0.717, 1.165) is 36.0 Å². The third-order valence-electron chi connectivity index (χ3n) is 11.2. The van der Waals surface area contributed by atoms with Crippen LogP contribution in [0.5, 0.6) is 5.75 Å². The summed E-state index contributed by atoms with van der Waals surface area (Å²) in [5.74, 6) is -4.89. The number of hydrogen-bond acceptors (Lipinski definition) is 4. The zero-order valence-corrected chi connectivity index (χ0v) is 34.3. The van der Waals surface area contributed by atoms with Crippen LogP contribution in [0.1, 0.15) is 108 Å². The van der Waals surface area contributed by atoms with Gasteiger partial charge in [-0.15, -0.1) is 0 Å². The van der Waals surface area contributed by atoms with Gasteiger partial charge in [0.25, 0.3) is 0 Å². The van der Waals surface area contributed by atoms with Crippen molar-refractivity contribution in [2.24, 2.45) is 0 Å². The number of hydrogen-bond donors (Lipinski definition) is 1. The van der Waals surface area contributed by atoms with Crippen LogP contribution < -0.4 is 19.1 Å². The summed E-state index contributed by atoms with van der Waals surface area (Å²) in [6, 6.07) is 16.9. The number of nitrogens with zero attached hydrogens (tertiary/aromatic N) is 2. The van der Waals surface area contributed by atoms with E-state index in [1.54, 1.807) is 9.47 Å². The Morgan fingerprint density at radius 1 is 0.889 bits per heavy atom. The van der Waals surface area contributed by atoms with Crippen LogP contribution in [0.3, 0.4) is 0 Å². The molecule has 0 saturated heterocycles. The first-order valence-electron chi connectivity index (χ1n) is 19.4. The van der Waals surface area contributed by atoms with E-state index in [1.807, 2.05) is 30.3 Å². The van der Waals surface area contributed by atoms with Gasteiger partial charge in [0.2, 0.25) is 0 Å². The fourth-order valence-corrected chi connectivity index (χ4v) is 24.1. The second kappa shape index (κ2) is 17.6. The molecule has 3 heterocycles. The Labute approximate surface area is 319 Å². The molecule has 0 saturated carbocycles. The summed E-state index contributed by atoms with van der Waals surface area (Å²) >= 11 is -2.91. The second-order valence-electron chi connectivity index (χ2n) is 14.8. The van der Waals surface area contributed by atoms with Crippen molar-refractivity contribution in [1.82, 2.24) is 14.8 Å². The number of fused-ring (bicyclic) bond motifs is 6. The molecule has 0 unspecified atom stereocenters. The standard InChI is InChI=1S/C31H23F3N3O4.3C4H9.Sn/c32-20-12-24(33)22(25(34)13-20)14-35-30(39)23-15-37-26-16-36(11-10-19-8-4-5-9-21(19)26)31(40)27(37)29(28(23)38)41-17-18-6-2-1-3-7-18;3*1-3-4-2;/h1-4,6-9,12-13,15,26H,10-11,14,16-17H2,(H,35,39);3*1,3-4H2,2H3;/t26-;;;;/m1..../s1. The molecule has 2 bridgehead atoms. The van der Waals surface area contributed by atoms with Crippen LogP contribution in [0, 0.1) is 17.5 Å². The van der Waals surface area contributed by atoms with E-state index in [-0.39, 0.29) is 29.5 Å². The van der Waals surface area contributed by atoms with Gasteiger partial charge in [-0.1, -0.05) is 6.07 Å². The Morgan fingerprint density at radius 2 is 1.54 bits per heavy atom. The second-order valence-corrected chi connectivity index (χ2v) is 28.0. The van der Waals surface area contributed by atoms with Crippen LogP contribution in [0.2, 0.25) is 13.3 Å². The third kappa shape index (κ3) is 8.28. The first kappa shape index (κ1) is 39.6. The average Bonchev–Trinajstić information content (AvgIpc) is 3.34. The number of unbranched alkanes of at least 4 members (excludes halogenated alkanes) is 3. The van der Waals surface area contributed by atoms with E-state index in [1.165, 1.54) is 42.3 Å². The Hall–Kier alpha value is -4.06. The van der Waals surface area contributed by atoms with Crippen molar-refractivity contribution in [2.45, 2.75) is 98.2 Å². The van der Waals surface area contributed by atoms with Gasteiger partial charge in [0, 0.05) is 12.1 Å². The summed E-state index contributed by atoms with van der Waals surface area (Å²) in [4.78, 5) is 44.1. The normalized spacial score (nSPS) is 15.0. The Balaban J connectivity index is 1.48. The van der Waals surface area contributed by atoms with Gasteiger partial charge in [-0.2, -0.15) is 0 Å². The van der Waals surface area contributed by atoms with Crippen LogP contribution in [-0.4, -0.2) is 52.7 Å². The van der Waals surface area contributed by atoms with Gasteiger partial charge in [-0.25, -0.2) is 13.2 Å². The van der Waals surface area contributed by atoms with Crippen LogP contribution >= 0.6 is 0 Å². The number of nitrogens with one attached hydrogen (secondary N) is 1. The first-order valence-corrected chi connectivity index (χ1v) is 26.9. The number of aromatic nitrogens is 1. The number of pyridine rings is 1. The topological polar surface area (TPSA) is 80.6 Å². The Bertz CT molecular complexity index is 2010. The minimum atomic E-state index is -2.91. The van der Waals surface area contributed by atoms with Gasteiger partial charge in [-0.05, 0) is 0 Å². The molecule has 11 heteroatoms. The molecule has 2 aliphatic heterocycles. The molecule has 2 amide bonds. The summed E-state index contributed by atoms with van der Waals surface area (Å²) in [7, 11) is 0. The van der Waals surface area contributed by atoms with Crippen LogP contribution in [-0.2, 0) is 19.6 Å². The molecule has 6 rings (SSSR count). The van der Waals surface area contributed by atoms with Crippen molar-refractivity contribution in [1.29, 1.82) is 0 Å². The molecule has 54 heavy (non-hydrogen) atoms. The maximum atomic E-state index is 14.5. The predicted molar refractivity (Wildman–Crippen MR) is 208 cm³/mol. The van der Waals surface area contributed by atoms with Crippen molar-refractivity contribution in [3.63, 3.8) is 0 Å². The quantitative estimate of drug-likeness (QED) is 0.115. The van der Waals surface area contributed by atoms with Crippen molar-refractivity contribution < 1.29 is 27.5 Å². The van der Waals surface area contributed by atoms with E-state index >= 15 is 0 Å². The van der Waals surface area contributed by atoms with Crippen molar-refractivity contribution in [2.75, 3.05) is 13.1 Å². The van der Waals surface area contributed by atoms with Crippen LogP contribution in [0.25, 0.3) is 0 Å². The van der Waals surface area contributed by atoms with Gasteiger partial charge in [0.05, 0.1) is 0 Å². The third-order valence-corrected chi connectivity index (χ3v) is 26.8. The Kier molecular flexibility index (Phi) is 12.9. The number of halogens is 3. The zero-order chi connectivity index (χ0) is 38.4. The number of carbonyl (C=O) groups is 2. The zero-order valence-electron chi connectivity index (χ0n) is 31.5. The summed E-state index contributed by atoms with van der Waals surface area (Å²) in [6.45, 7) is 6.97. The molecular weight excluding hydrogens is 798 g/mol. The van der Waals surface area contributed by atoms with E-state index in [2.05, 4.69) is 44.3 Å². The molecule has 1 N–H and O–H groups in total. The van der Waals surface area contributed by atoms with Gasteiger partial charge in [0.1, 0.15) is 5.82 Å². The van der Waals surface area contributed by atoms with Crippen molar-refractivity contribution in [3.05, 3.63) is 128 Å². The van der Waals surface area contributed by atoms with Gasteiger partial charge >= 0.3 is 284 Å².